The number of nitrogens with two attached hydrogens (primary N) is 1. The van der Waals surface area contributed by atoms with E-state index in [1.165, 1.54) is 19.3 Å². The molecule has 3 N–H and O–H groups in total. The molecule has 0 bridgehead atoms. The van der Waals surface area contributed by atoms with Crippen molar-refractivity contribution in [3.05, 3.63) is 33.1 Å². The van der Waals surface area contributed by atoms with Crippen LogP contribution in [0.4, 0.5) is 0 Å². The van der Waals surface area contributed by atoms with Gasteiger partial charge in [-0.2, -0.15) is 0 Å². The Bertz CT molecular complexity index is 557. The molecule has 8 nitrogen and oxygen atoms in total. The summed E-state index contributed by atoms with van der Waals surface area (Å²) in [6.07, 6.45) is 1.22. The predicted octanol–water partition coefficient (Wildman–Crippen LogP) is -2.85. The van der Waals surface area contributed by atoms with Gasteiger partial charge in [-0.05, 0) is 0 Å². The third-order valence-electron chi connectivity index (χ3n) is 2.03. The minimum atomic E-state index is -0.675. The molecule has 1 heterocycles. The van der Waals surface area contributed by atoms with E-state index in [0.717, 1.165) is 9.13 Å². The zero-order valence-electron chi connectivity index (χ0n) is 9.17. The first kappa shape index (κ1) is 12.7. The summed E-state index contributed by atoms with van der Waals surface area (Å²) in [5.74, 6) is -1.21. The second-order valence-electron chi connectivity index (χ2n) is 3.37. The quantitative estimate of drug-likeness (QED) is 0.589. The molecular formula is C9H12N4O4. The lowest BCUT2D eigenvalue weighted by atomic mass is 10.5. The van der Waals surface area contributed by atoms with E-state index in [9.17, 15) is 19.2 Å². The molecule has 0 fully saturated rings. The average molecular weight is 240 g/mol. The van der Waals surface area contributed by atoms with Gasteiger partial charge in [0, 0.05) is 19.3 Å². The Balaban J connectivity index is 2.80. The Morgan fingerprint density at radius 2 is 2.06 bits per heavy atom. The maximum Gasteiger partial charge on any atom is 0.331 e. The molecular weight excluding hydrogens is 228 g/mol. The van der Waals surface area contributed by atoms with Gasteiger partial charge in [0.25, 0.3) is 5.56 Å². The fourth-order valence-corrected chi connectivity index (χ4v) is 1.13. The number of nitrogens with one attached hydrogen (secondary N) is 1. The molecule has 0 unspecified atom stereocenters. The zero-order chi connectivity index (χ0) is 13.0. The molecule has 1 aromatic heterocycles. The number of primary amides is 1. The van der Waals surface area contributed by atoms with Crippen molar-refractivity contribution in [3.8, 4) is 0 Å². The zero-order valence-corrected chi connectivity index (χ0v) is 9.17. The summed E-state index contributed by atoms with van der Waals surface area (Å²) in [6, 6.07) is 1.17. The SMILES string of the molecule is Cn1c(=O)ccn(CC(=O)NCC(N)=O)c1=O. The first-order valence-electron chi connectivity index (χ1n) is 4.73. The largest absolute Gasteiger partial charge is 0.368 e. The highest BCUT2D eigenvalue weighted by atomic mass is 16.2. The Morgan fingerprint density at radius 3 is 2.65 bits per heavy atom. The van der Waals surface area contributed by atoms with Crippen LogP contribution in [-0.2, 0) is 23.2 Å². The van der Waals surface area contributed by atoms with Crippen LogP contribution in [0, 0.1) is 0 Å². The first-order chi connectivity index (χ1) is 7.91. The summed E-state index contributed by atoms with van der Waals surface area (Å²) in [5, 5.41) is 2.23. The van der Waals surface area contributed by atoms with Crippen molar-refractivity contribution in [3.63, 3.8) is 0 Å². The molecule has 0 aliphatic rings. The van der Waals surface area contributed by atoms with Crippen LogP contribution in [0.2, 0.25) is 0 Å². The maximum atomic E-state index is 11.5. The summed E-state index contributed by atoms with van der Waals surface area (Å²) < 4.78 is 1.93. The van der Waals surface area contributed by atoms with Crippen LogP contribution in [0.1, 0.15) is 0 Å². The minimum absolute atomic E-state index is 0.278. The molecule has 1 rings (SSSR count). The molecule has 92 valence electrons. The van der Waals surface area contributed by atoms with Crippen molar-refractivity contribution in [2.75, 3.05) is 6.54 Å². The van der Waals surface area contributed by atoms with E-state index >= 15 is 0 Å². The van der Waals surface area contributed by atoms with Crippen LogP contribution in [-0.4, -0.2) is 27.5 Å². The molecule has 1 aromatic rings. The van der Waals surface area contributed by atoms with Crippen LogP contribution in [0.3, 0.4) is 0 Å². The first-order valence-corrected chi connectivity index (χ1v) is 4.73. The summed E-state index contributed by atoms with van der Waals surface area (Å²) in [4.78, 5) is 44.3. The molecule has 0 aliphatic heterocycles. The fourth-order valence-electron chi connectivity index (χ4n) is 1.13. The topological polar surface area (TPSA) is 116 Å². The van der Waals surface area contributed by atoms with Crippen LogP contribution < -0.4 is 22.3 Å². The normalized spacial score (nSPS) is 9.94. The molecule has 0 saturated heterocycles. The van der Waals surface area contributed by atoms with Gasteiger partial charge in [-0.25, -0.2) is 4.79 Å². The number of amides is 2. The van der Waals surface area contributed by atoms with Crippen LogP contribution in [0.5, 0.6) is 0 Å². The van der Waals surface area contributed by atoms with Gasteiger partial charge < -0.3 is 11.1 Å². The van der Waals surface area contributed by atoms with E-state index in [-0.39, 0.29) is 13.1 Å². The van der Waals surface area contributed by atoms with E-state index in [2.05, 4.69) is 5.32 Å². The molecule has 17 heavy (non-hydrogen) atoms. The smallest absolute Gasteiger partial charge is 0.331 e. The van der Waals surface area contributed by atoms with Gasteiger partial charge >= 0.3 is 5.69 Å². The molecule has 0 atom stereocenters. The number of hydrogen-bond donors (Lipinski definition) is 2. The number of hydrogen-bond acceptors (Lipinski definition) is 4. The van der Waals surface area contributed by atoms with Crippen molar-refractivity contribution in [2.24, 2.45) is 12.8 Å². The third kappa shape index (κ3) is 3.30. The van der Waals surface area contributed by atoms with Gasteiger partial charge in [-0.1, -0.05) is 0 Å². The van der Waals surface area contributed by atoms with Gasteiger partial charge in [0.15, 0.2) is 0 Å². The number of carbonyl (C=O) groups is 2. The van der Waals surface area contributed by atoms with E-state index in [1.54, 1.807) is 0 Å². The van der Waals surface area contributed by atoms with Gasteiger partial charge in [0.2, 0.25) is 11.8 Å². The minimum Gasteiger partial charge on any atom is -0.368 e. The van der Waals surface area contributed by atoms with Gasteiger partial charge in [0.05, 0.1) is 6.54 Å². The summed E-state index contributed by atoms with van der Waals surface area (Å²) >= 11 is 0. The van der Waals surface area contributed by atoms with E-state index in [1.807, 2.05) is 0 Å². The number of rotatable bonds is 4. The number of carbonyl (C=O) groups excluding carboxylic acids is 2. The molecule has 0 spiro atoms. The van der Waals surface area contributed by atoms with Crippen molar-refractivity contribution in [1.29, 1.82) is 0 Å². The van der Waals surface area contributed by atoms with E-state index in [0.29, 0.717) is 0 Å². The van der Waals surface area contributed by atoms with Gasteiger partial charge in [0.1, 0.15) is 6.54 Å². The highest BCUT2D eigenvalue weighted by molar-refractivity contribution is 5.83. The molecule has 0 aromatic carbocycles. The molecule has 0 aliphatic carbocycles. The molecule has 0 saturated carbocycles. The highest BCUT2D eigenvalue weighted by Gasteiger charge is 2.07. The van der Waals surface area contributed by atoms with Gasteiger partial charge in [-0.3, -0.25) is 23.5 Å². The second kappa shape index (κ2) is 5.10. The standard InChI is InChI=1S/C9H12N4O4/c1-12-8(16)2-3-13(9(12)17)5-7(15)11-4-6(10)14/h2-3H,4-5H2,1H3,(H2,10,14)(H,11,15). The lowest BCUT2D eigenvalue weighted by molar-refractivity contribution is -0.125. The number of aromatic nitrogens is 2. The average Bonchev–Trinajstić information content (AvgIpc) is 2.27. The Morgan fingerprint density at radius 1 is 1.41 bits per heavy atom. The van der Waals surface area contributed by atoms with E-state index < -0.39 is 23.1 Å². The van der Waals surface area contributed by atoms with Crippen LogP contribution >= 0.6 is 0 Å². The van der Waals surface area contributed by atoms with Crippen molar-refractivity contribution in [2.45, 2.75) is 6.54 Å². The summed E-state index contributed by atoms with van der Waals surface area (Å²) in [5.41, 5.74) is 3.78. The lowest BCUT2D eigenvalue weighted by Crippen LogP contribution is -2.41. The lowest BCUT2D eigenvalue weighted by Gasteiger charge is -2.06. The Hall–Kier alpha value is -2.38. The van der Waals surface area contributed by atoms with Gasteiger partial charge in [-0.15, -0.1) is 0 Å². The monoisotopic (exact) mass is 240 g/mol. The van der Waals surface area contributed by atoms with Crippen LogP contribution in [0.15, 0.2) is 21.9 Å². The Labute approximate surface area is 95.7 Å². The molecule has 0 radical (unpaired) electrons. The Kier molecular flexibility index (Phi) is 3.81. The third-order valence-corrected chi connectivity index (χ3v) is 2.03. The van der Waals surface area contributed by atoms with E-state index in [4.69, 9.17) is 5.73 Å². The highest BCUT2D eigenvalue weighted by Crippen LogP contribution is 1.78. The maximum absolute atomic E-state index is 11.5. The molecule has 8 heteroatoms. The van der Waals surface area contributed by atoms with Crippen LogP contribution in [0.25, 0.3) is 0 Å². The fraction of sp³-hybridized carbons (Fsp3) is 0.333. The van der Waals surface area contributed by atoms with Crippen molar-refractivity contribution < 1.29 is 9.59 Å². The molecule has 2 amide bonds. The predicted molar refractivity (Wildman–Crippen MR) is 58.1 cm³/mol. The summed E-state index contributed by atoms with van der Waals surface area (Å²) in [7, 11) is 1.31. The summed E-state index contributed by atoms with van der Waals surface area (Å²) in [6.45, 7) is -0.570. The second-order valence-corrected chi connectivity index (χ2v) is 3.37. The van der Waals surface area contributed by atoms with Crippen molar-refractivity contribution in [1.82, 2.24) is 14.5 Å². The number of nitrogens with zero attached hydrogens (tertiary/aromatic N) is 2. The van der Waals surface area contributed by atoms with Crippen molar-refractivity contribution >= 4 is 11.8 Å².